The van der Waals surface area contributed by atoms with E-state index >= 15 is 0 Å². The third kappa shape index (κ3) is 5.30. The Morgan fingerprint density at radius 3 is 2.79 bits per heavy atom. The van der Waals surface area contributed by atoms with Gasteiger partial charge in [-0.2, -0.15) is 0 Å². The van der Waals surface area contributed by atoms with Crippen LogP contribution in [0.1, 0.15) is 38.3 Å². The maximum absolute atomic E-state index is 11.1. The van der Waals surface area contributed by atoms with Gasteiger partial charge in [-0.15, -0.1) is 0 Å². The molecule has 4 heteroatoms. The van der Waals surface area contributed by atoms with Crippen LogP contribution in [0.15, 0.2) is 24.3 Å². The molecule has 0 aliphatic carbocycles. The Bertz CT molecular complexity index is 393. The number of nitrogens with one attached hydrogen (secondary N) is 2. The van der Waals surface area contributed by atoms with E-state index in [2.05, 4.69) is 30.5 Å². The zero-order valence-electron chi connectivity index (χ0n) is 12.0. The van der Waals surface area contributed by atoms with Crippen LogP contribution in [-0.4, -0.2) is 26.1 Å². The lowest BCUT2D eigenvalue weighted by atomic mass is 10.1. The lowest BCUT2D eigenvalue weighted by Gasteiger charge is -2.17. The van der Waals surface area contributed by atoms with Gasteiger partial charge in [0.05, 0.1) is 6.61 Å². The van der Waals surface area contributed by atoms with E-state index in [-0.39, 0.29) is 11.9 Å². The highest BCUT2D eigenvalue weighted by Crippen LogP contribution is 2.24. The molecule has 1 atom stereocenters. The molecule has 0 saturated carbocycles. The summed E-state index contributed by atoms with van der Waals surface area (Å²) in [4.78, 5) is 11.1. The largest absolute Gasteiger partial charge is 0.493 e. The van der Waals surface area contributed by atoms with Gasteiger partial charge in [-0.25, -0.2) is 0 Å². The van der Waals surface area contributed by atoms with Crippen LogP contribution in [0.2, 0.25) is 0 Å². The molecule has 0 spiro atoms. The average Bonchev–Trinajstić information content (AvgIpc) is 2.44. The first-order valence-electron chi connectivity index (χ1n) is 6.84. The normalized spacial score (nSPS) is 11.9. The summed E-state index contributed by atoms with van der Waals surface area (Å²) in [6.45, 7) is 5.69. The van der Waals surface area contributed by atoms with Crippen molar-refractivity contribution in [1.29, 1.82) is 0 Å². The molecule has 1 amide bonds. The third-order valence-electron chi connectivity index (χ3n) is 2.98. The SMILES string of the molecule is CCNC(C)c1ccccc1OCCCC(=O)NC. The van der Waals surface area contributed by atoms with E-state index in [1.807, 2.05) is 18.2 Å². The van der Waals surface area contributed by atoms with Gasteiger partial charge in [0.15, 0.2) is 0 Å². The van der Waals surface area contributed by atoms with Crippen molar-refractivity contribution in [3.05, 3.63) is 29.8 Å². The fraction of sp³-hybridized carbons (Fsp3) is 0.533. The molecule has 0 heterocycles. The van der Waals surface area contributed by atoms with Crippen LogP contribution in [-0.2, 0) is 4.79 Å². The Hall–Kier alpha value is -1.55. The van der Waals surface area contributed by atoms with Gasteiger partial charge >= 0.3 is 0 Å². The fourth-order valence-electron chi connectivity index (χ4n) is 1.93. The molecule has 0 aliphatic heterocycles. The predicted molar refractivity (Wildman–Crippen MR) is 77.3 cm³/mol. The number of ether oxygens (including phenoxy) is 1. The molecule has 0 aromatic heterocycles. The van der Waals surface area contributed by atoms with Gasteiger partial charge in [0.25, 0.3) is 0 Å². The highest BCUT2D eigenvalue weighted by atomic mass is 16.5. The van der Waals surface area contributed by atoms with Crippen molar-refractivity contribution in [3.8, 4) is 5.75 Å². The number of hydrogen-bond donors (Lipinski definition) is 2. The average molecular weight is 264 g/mol. The lowest BCUT2D eigenvalue weighted by Crippen LogP contribution is -2.19. The standard InChI is InChI=1S/C15H24N2O2/c1-4-17-12(2)13-8-5-6-9-14(13)19-11-7-10-15(18)16-3/h5-6,8-9,12,17H,4,7,10-11H2,1-3H3,(H,16,18). The second-order valence-electron chi connectivity index (χ2n) is 4.44. The van der Waals surface area contributed by atoms with Gasteiger partial charge in [-0.3, -0.25) is 4.79 Å². The molecule has 0 saturated heterocycles. The minimum absolute atomic E-state index is 0.0536. The molecule has 0 aliphatic rings. The molecule has 1 aromatic carbocycles. The first-order chi connectivity index (χ1) is 9.19. The number of carbonyl (C=O) groups excluding carboxylic acids is 1. The molecule has 4 nitrogen and oxygen atoms in total. The third-order valence-corrected chi connectivity index (χ3v) is 2.98. The van der Waals surface area contributed by atoms with E-state index in [4.69, 9.17) is 4.74 Å². The Balaban J connectivity index is 2.51. The summed E-state index contributed by atoms with van der Waals surface area (Å²) < 4.78 is 5.78. The first kappa shape index (κ1) is 15.5. The van der Waals surface area contributed by atoms with Gasteiger partial charge < -0.3 is 15.4 Å². The van der Waals surface area contributed by atoms with Crippen molar-refractivity contribution in [3.63, 3.8) is 0 Å². The zero-order chi connectivity index (χ0) is 14.1. The van der Waals surface area contributed by atoms with Crippen LogP contribution in [0.3, 0.4) is 0 Å². The minimum Gasteiger partial charge on any atom is -0.493 e. The second-order valence-corrected chi connectivity index (χ2v) is 4.44. The van der Waals surface area contributed by atoms with Gasteiger partial charge in [0.2, 0.25) is 5.91 Å². The summed E-state index contributed by atoms with van der Waals surface area (Å²) in [5.74, 6) is 0.950. The van der Waals surface area contributed by atoms with Crippen LogP contribution < -0.4 is 15.4 Å². The Morgan fingerprint density at radius 2 is 2.11 bits per heavy atom. The van der Waals surface area contributed by atoms with E-state index in [0.29, 0.717) is 13.0 Å². The number of hydrogen-bond acceptors (Lipinski definition) is 3. The monoisotopic (exact) mass is 264 g/mol. The topological polar surface area (TPSA) is 50.4 Å². The number of rotatable bonds is 8. The molecule has 0 fully saturated rings. The molecule has 1 aromatic rings. The Kier molecular flexibility index (Phi) is 6.97. The molecular weight excluding hydrogens is 240 g/mol. The summed E-state index contributed by atoms with van der Waals surface area (Å²) in [5, 5.41) is 5.98. The molecule has 1 unspecified atom stereocenters. The van der Waals surface area contributed by atoms with Gasteiger partial charge in [-0.1, -0.05) is 25.1 Å². The van der Waals surface area contributed by atoms with Gasteiger partial charge in [0.1, 0.15) is 5.75 Å². The van der Waals surface area contributed by atoms with Crippen LogP contribution in [0.4, 0.5) is 0 Å². The minimum atomic E-state index is 0.0536. The Morgan fingerprint density at radius 1 is 1.37 bits per heavy atom. The van der Waals surface area contributed by atoms with Crippen molar-refractivity contribution in [2.24, 2.45) is 0 Å². The molecule has 0 radical (unpaired) electrons. The summed E-state index contributed by atoms with van der Waals surface area (Å²) in [6, 6.07) is 8.29. The van der Waals surface area contributed by atoms with Crippen molar-refractivity contribution in [1.82, 2.24) is 10.6 Å². The van der Waals surface area contributed by atoms with Crippen molar-refractivity contribution in [2.45, 2.75) is 32.7 Å². The van der Waals surface area contributed by atoms with E-state index in [1.165, 1.54) is 0 Å². The van der Waals surface area contributed by atoms with Crippen molar-refractivity contribution < 1.29 is 9.53 Å². The molecule has 1 rings (SSSR count). The van der Waals surface area contributed by atoms with Crippen LogP contribution in [0.25, 0.3) is 0 Å². The van der Waals surface area contributed by atoms with Crippen LogP contribution in [0, 0.1) is 0 Å². The van der Waals surface area contributed by atoms with Crippen molar-refractivity contribution >= 4 is 5.91 Å². The van der Waals surface area contributed by atoms with Crippen LogP contribution >= 0.6 is 0 Å². The zero-order valence-corrected chi connectivity index (χ0v) is 12.0. The molecule has 2 N–H and O–H groups in total. The molecule has 19 heavy (non-hydrogen) atoms. The summed E-state index contributed by atoms with van der Waals surface area (Å²) in [6.07, 6.45) is 1.23. The summed E-state index contributed by atoms with van der Waals surface area (Å²) in [7, 11) is 1.65. The maximum Gasteiger partial charge on any atom is 0.219 e. The highest BCUT2D eigenvalue weighted by Gasteiger charge is 2.09. The quantitative estimate of drug-likeness (QED) is 0.708. The lowest BCUT2D eigenvalue weighted by molar-refractivity contribution is -0.120. The fourth-order valence-corrected chi connectivity index (χ4v) is 1.93. The second kappa shape index (κ2) is 8.53. The number of carbonyl (C=O) groups is 1. The Labute approximate surface area is 115 Å². The van der Waals surface area contributed by atoms with E-state index in [1.54, 1.807) is 7.05 Å². The molecular formula is C15H24N2O2. The smallest absolute Gasteiger partial charge is 0.219 e. The highest BCUT2D eigenvalue weighted by molar-refractivity contribution is 5.75. The summed E-state index contributed by atoms with van der Waals surface area (Å²) in [5.41, 5.74) is 1.16. The van der Waals surface area contributed by atoms with E-state index in [0.717, 1.165) is 24.3 Å². The van der Waals surface area contributed by atoms with Gasteiger partial charge in [-0.05, 0) is 26.0 Å². The number of para-hydroxylation sites is 1. The van der Waals surface area contributed by atoms with E-state index < -0.39 is 0 Å². The van der Waals surface area contributed by atoms with Gasteiger partial charge in [0, 0.05) is 25.1 Å². The maximum atomic E-state index is 11.1. The molecule has 0 bridgehead atoms. The first-order valence-corrected chi connectivity index (χ1v) is 6.84. The summed E-state index contributed by atoms with van der Waals surface area (Å²) >= 11 is 0. The molecule has 106 valence electrons. The number of amides is 1. The van der Waals surface area contributed by atoms with Crippen LogP contribution in [0.5, 0.6) is 5.75 Å². The van der Waals surface area contributed by atoms with Crippen molar-refractivity contribution in [2.75, 3.05) is 20.2 Å². The predicted octanol–water partition coefficient (Wildman–Crippen LogP) is 2.26. The number of benzene rings is 1. The van der Waals surface area contributed by atoms with E-state index in [9.17, 15) is 4.79 Å².